The second kappa shape index (κ2) is 6.03. The Bertz CT molecular complexity index is 628. The number of benzene rings is 1. The first-order valence-electron chi connectivity index (χ1n) is 6.84. The third kappa shape index (κ3) is 3.19. The Morgan fingerprint density at radius 2 is 2.05 bits per heavy atom. The Kier molecular flexibility index (Phi) is 4.53. The predicted molar refractivity (Wildman–Crippen MR) is 79.9 cm³/mol. The average Bonchev–Trinajstić information content (AvgIpc) is 2.85. The monoisotopic (exact) mass is 312 g/mol. The maximum Gasteiger partial charge on any atom is 0.305 e. The number of carboxylic acid groups (broad SMARTS) is 1. The predicted octanol–water partition coefficient (Wildman–Crippen LogP) is 1.38. The number of nitrogens with zero attached hydrogens (tertiary/aromatic N) is 2. The zero-order chi connectivity index (χ0) is 15.6. The fraction of sp³-hybridized carbons (Fsp3) is 0.500. The Morgan fingerprint density at radius 3 is 2.67 bits per heavy atom. The van der Waals surface area contributed by atoms with Gasteiger partial charge in [0.25, 0.3) is 0 Å². The van der Waals surface area contributed by atoms with E-state index in [9.17, 15) is 13.2 Å². The lowest BCUT2D eigenvalue weighted by Gasteiger charge is -2.28. The second-order valence-electron chi connectivity index (χ2n) is 5.34. The molecule has 1 unspecified atom stereocenters. The maximum atomic E-state index is 12.4. The smallest absolute Gasteiger partial charge is 0.305 e. The summed E-state index contributed by atoms with van der Waals surface area (Å²) >= 11 is 0. The number of carbonyl (C=O) groups is 1. The molecule has 0 amide bonds. The van der Waals surface area contributed by atoms with E-state index in [2.05, 4.69) is 0 Å². The molecule has 7 heteroatoms. The first-order valence-corrected chi connectivity index (χ1v) is 8.28. The fourth-order valence-electron chi connectivity index (χ4n) is 2.68. The molecule has 1 aliphatic rings. The van der Waals surface area contributed by atoms with Crippen LogP contribution in [-0.4, -0.2) is 50.5 Å². The van der Waals surface area contributed by atoms with Gasteiger partial charge >= 0.3 is 5.97 Å². The normalized spacial score (nSPS) is 19.2. The minimum atomic E-state index is -3.55. The molecule has 1 aromatic carbocycles. The number of aliphatic carboxylic acids is 1. The molecule has 0 bridgehead atoms. The van der Waals surface area contributed by atoms with Gasteiger partial charge in [0, 0.05) is 26.7 Å². The second-order valence-corrected chi connectivity index (χ2v) is 7.46. The van der Waals surface area contributed by atoms with Crippen LogP contribution in [0.3, 0.4) is 0 Å². The van der Waals surface area contributed by atoms with Gasteiger partial charge in [0.05, 0.1) is 12.1 Å². The van der Waals surface area contributed by atoms with Crippen molar-refractivity contribution >= 4 is 21.7 Å². The minimum Gasteiger partial charge on any atom is -0.481 e. The van der Waals surface area contributed by atoms with Crippen molar-refractivity contribution in [1.82, 2.24) is 4.31 Å². The van der Waals surface area contributed by atoms with Crippen LogP contribution in [-0.2, 0) is 14.8 Å². The molecule has 0 aromatic heterocycles. The molecule has 1 heterocycles. The first kappa shape index (κ1) is 15.8. The van der Waals surface area contributed by atoms with Crippen molar-refractivity contribution in [2.45, 2.75) is 30.2 Å². The zero-order valence-electron chi connectivity index (χ0n) is 12.2. The lowest BCUT2D eigenvalue weighted by molar-refractivity contribution is -0.137. The van der Waals surface area contributed by atoms with Crippen molar-refractivity contribution in [3.05, 3.63) is 24.3 Å². The summed E-state index contributed by atoms with van der Waals surface area (Å²) in [7, 11) is -0.571. The molecular formula is C14H20N2O4S. The molecule has 1 aliphatic heterocycles. The molecule has 1 fully saturated rings. The average molecular weight is 312 g/mol. The molecule has 0 saturated carbocycles. The Morgan fingerprint density at radius 1 is 1.38 bits per heavy atom. The lowest BCUT2D eigenvalue weighted by Crippen LogP contribution is -2.33. The molecule has 0 spiro atoms. The third-order valence-electron chi connectivity index (χ3n) is 3.72. The number of hydrogen-bond donors (Lipinski definition) is 1. The number of rotatable bonds is 5. The standard InChI is InChI=1S/C14H20N2O4S/c1-15(2)21(19,20)13-8-4-3-7-12(13)16-9-5-6-11(16)10-14(17)18/h3-4,7-8,11H,5-6,9-10H2,1-2H3,(H,17,18). The largest absolute Gasteiger partial charge is 0.481 e. The van der Waals surface area contributed by atoms with E-state index in [4.69, 9.17) is 5.11 Å². The van der Waals surface area contributed by atoms with Crippen molar-refractivity contribution in [2.75, 3.05) is 25.5 Å². The van der Waals surface area contributed by atoms with Gasteiger partial charge in [0.2, 0.25) is 10.0 Å². The van der Waals surface area contributed by atoms with E-state index in [-0.39, 0.29) is 17.4 Å². The summed E-state index contributed by atoms with van der Waals surface area (Å²) in [5.41, 5.74) is 0.593. The van der Waals surface area contributed by atoms with Crippen LogP contribution in [0.1, 0.15) is 19.3 Å². The van der Waals surface area contributed by atoms with Crippen LogP contribution in [0.15, 0.2) is 29.2 Å². The summed E-state index contributed by atoms with van der Waals surface area (Å²) in [6, 6.07) is 6.63. The third-order valence-corrected chi connectivity index (χ3v) is 5.58. The molecule has 0 radical (unpaired) electrons. The van der Waals surface area contributed by atoms with Gasteiger partial charge in [-0.15, -0.1) is 0 Å². The highest BCUT2D eigenvalue weighted by molar-refractivity contribution is 7.89. The van der Waals surface area contributed by atoms with Gasteiger partial charge < -0.3 is 10.0 Å². The highest BCUT2D eigenvalue weighted by atomic mass is 32.2. The minimum absolute atomic E-state index is 0.0242. The zero-order valence-corrected chi connectivity index (χ0v) is 13.0. The van der Waals surface area contributed by atoms with Crippen LogP contribution in [0.5, 0.6) is 0 Å². The van der Waals surface area contributed by atoms with E-state index in [1.165, 1.54) is 18.4 Å². The van der Waals surface area contributed by atoms with Gasteiger partial charge in [-0.25, -0.2) is 12.7 Å². The quantitative estimate of drug-likeness (QED) is 0.889. The molecule has 116 valence electrons. The number of anilines is 1. The summed E-state index contributed by atoms with van der Waals surface area (Å²) < 4.78 is 26.0. The Labute approximate surface area is 125 Å². The van der Waals surface area contributed by atoms with E-state index >= 15 is 0 Å². The number of para-hydroxylation sites is 1. The van der Waals surface area contributed by atoms with Crippen LogP contribution in [0.2, 0.25) is 0 Å². The van der Waals surface area contributed by atoms with Crippen molar-refractivity contribution in [2.24, 2.45) is 0 Å². The summed E-state index contributed by atoms with van der Waals surface area (Å²) in [6.45, 7) is 0.678. The van der Waals surface area contributed by atoms with Crippen LogP contribution >= 0.6 is 0 Å². The van der Waals surface area contributed by atoms with Crippen LogP contribution in [0, 0.1) is 0 Å². The maximum absolute atomic E-state index is 12.4. The lowest BCUT2D eigenvalue weighted by atomic mass is 10.1. The van der Waals surface area contributed by atoms with Gasteiger partial charge in [-0.1, -0.05) is 12.1 Å². The van der Waals surface area contributed by atoms with Crippen molar-refractivity contribution in [3.63, 3.8) is 0 Å². The Hall–Kier alpha value is -1.60. The molecule has 2 rings (SSSR count). The van der Waals surface area contributed by atoms with Crippen molar-refractivity contribution in [3.8, 4) is 0 Å². The number of carboxylic acids is 1. The van der Waals surface area contributed by atoms with Crippen LogP contribution < -0.4 is 4.90 Å². The van der Waals surface area contributed by atoms with E-state index in [1.807, 2.05) is 4.90 Å². The van der Waals surface area contributed by atoms with E-state index in [0.717, 1.165) is 12.8 Å². The molecule has 21 heavy (non-hydrogen) atoms. The van der Waals surface area contributed by atoms with Gasteiger partial charge in [0.15, 0.2) is 0 Å². The van der Waals surface area contributed by atoms with Gasteiger partial charge in [0.1, 0.15) is 4.90 Å². The van der Waals surface area contributed by atoms with Crippen molar-refractivity contribution in [1.29, 1.82) is 0 Å². The topological polar surface area (TPSA) is 77.9 Å². The molecule has 6 nitrogen and oxygen atoms in total. The molecule has 1 aromatic rings. The summed E-state index contributed by atoms with van der Waals surface area (Å²) in [6.07, 6.45) is 1.66. The van der Waals surface area contributed by atoms with E-state index in [0.29, 0.717) is 12.2 Å². The molecule has 1 atom stereocenters. The Balaban J connectivity index is 2.43. The van der Waals surface area contributed by atoms with E-state index in [1.54, 1.807) is 24.3 Å². The molecule has 1 N–H and O–H groups in total. The molecular weight excluding hydrogens is 292 g/mol. The summed E-state index contributed by atoms with van der Waals surface area (Å²) in [4.78, 5) is 13.1. The number of sulfonamides is 1. The summed E-state index contributed by atoms with van der Waals surface area (Å²) in [5, 5.41) is 9.00. The number of hydrogen-bond acceptors (Lipinski definition) is 4. The van der Waals surface area contributed by atoms with Gasteiger partial charge in [-0.3, -0.25) is 4.79 Å². The van der Waals surface area contributed by atoms with Gasteiger partial charge in [-0.2, -0.15) is 0 Å². The highest BCUT2D eigenvalue weighted by Crippen LogP contribution is 2.33. The van der Waals surface area contributed by atoms with Crippen molar-refractivity contribution < 1.29 is 18.3 Å². The summed E-state index contributed by atoms with van der Waals surface area (Å²) in [5.74, 6) is -0.861. The van der Waals surface area contributed by atoms with Crippen LogP contribution in [0.4, 0.5) is 5.69 Å². The van der Waals surface area contributed by atoms with Gasteiger partial charge in [-0.05, 0) is 25.0 Å². The highest BCUT2D eigenvalue weighted by Gasteiger charge is 2.31. The fourth-order valence-corrected chi connectivity index (χ4v) is 3.77. The van der Waals surface area contributed by atoms with Crippen LogP contribution in [0.25, 0.3) is 0 Å². The van der Waals surface area contributed by atoms with E-state index < -0.39 is 16.0 Å². The first-order chi connectivity index (χ1) is 9.84. The molecule has 0 aliphatic carbocycles. The SMILES string of the molecule is CN(C)S(=O)(=O)c1ccccc1N1CCCC1CC(=O)O. The molecule has 1 saturated heterocycles.